The molecule has 0 unspecified atom stereocenters. The van der Waals surface area contributed by atoms with Crippen LogP contribution in [0.3, 0.4) is 0 Å². The summed E-state index contributed by atoms with van der Waals surface area (Å²) in [4.78, 5) is 27.7. The molecular formula is C15H16BrClN2O2. The normalized spacial score (nSPS) is 11.7. The molecule has 4 nitrogen and oxygen atoms in total. The largest absolute Gasteiger partial charge is 0.359 e. The summed E-state index contributed by atoms with van der Waals surface area (Å²) >= 11 is 9.40. The van der Waals surface area contributed by atoms with Crippen LogP contribution in [-0.2, 0) is 0 Å². The van der Waals surface area contributed by atoms with E-state index in [1.54, 1.807) is 12.1 Å². The van der Waals surface area contributed by atoms with E-state index in [-0.39, 0.29) is 22.4 Å². The van der Waals surface area contributed by atoms with Gasteiger partial charge in [0.05, 0.1) is 10.5 Å². The molecule has 2 N–H and O–H groups in total. The van der Waals surface area contributed by atoms with Crippen molar-refractivity contribution in [3.63, 3.8) is 0 Å². The van der Waals surface area contributed by atoms with E-state index in [9.17, 15) is 9.59 Å². The van der Waals surface area contributed by atoms with E-state index in [4.69, 9.17) is 11.6 Å². The minimum Gasteiger partial charge on any atom is -0.359 e. The number of aromatic nitrogens is 1. The maximum atomic E-state index is 12.5. The third-order valence-electron chi connectivity index (χ3n) is 3.49. The zero-order valence-electron chi connectivity index (χ0n) is 12.0. The zero-order chi connectivity index (χ0) is 15.8. The molecule has 0 atom stereocenters. The smallest absolute Gasteiger partial charge is 0.257 e. The predicted molar refractivity (Wildman–Crippen MR) is 89.1 cm³/mol. The summed E-state index contributed by atoms with van der Waals surface area (Å²) < 4.78 is 0.692. The van der Waals surface area contributed by atoms with Gasteiger partial charge in [-0.25, -0.2) is 0 Å². The molecule has 0 bridgehead atoms. The van der Waals surface area contributed by atoms with Gasteiger partial charge >= 0.3 is 0 Å². The van der Waals surface area contributed by atoms with Gasteiger partial charge in [-0.3, -0.25) is 9.59 Å². The number of hydrogen-bond acceptors (Lipinski definition) is 2. The van der Waals surface area contributed by atoms with E-state index in [2.05, 4.69) is 26.2 Å². The first-order chi connectivity index (χ1) is 9.75. The minimum atomic E-state index is -0.388. The molecule has 0 fully saturated rings. The molecule has 2 aromatic rings. The Morgan fingerprint density at radius 1 is 1.43 bits per heavy atom. The van der Waals surface area contributed by atoms with E-state index < -0.39 is 0 Å². The van der Waals surface area contributed by atoms with Crippen molar-refractivity contribution in [2.24, 2.45) is 0 Å². The number of carbonyl (C=O) groups excluding carboxylic acids is 1. The Kier molecular flexibility index (Phi) is 4.44. The van der Waals surface area contributed by atoms with Gasteiger partial charge in [-0.15, -0.1) is 0 Å². The summed E-state index contributed by atoms with van der Waals surface area (Å²) in [5.41, 5.74) is -0.0985. The summed E-state index contributed by atoms with van der Waals surface area (Å²) in [7, 11) is 0. The Labute approximate surface area is 136 Å². The highest BCUT2D eigenvalue weighted by Gasteiger charge is 2.21. The number of amides is 1. The molecule has 0 aliphatic heterocycles. The Morgan fingerprint density at radius 3 is 2.71 bits per heavy atom. The van der Waals surface area contributed by atoms with E-state index in [0.29, 0.717) is 20.4 Å². The Bertz CT molecular complexity index is 768. The van der Waals surface area contributed by atoms with Crippen LogP contribution in [0.5, 0.6) is 0 Å². The van der Waals surface area contributed by atoms with Crippen LogP contribution in [0.2, 0.25) is 5.02 Å². The second-order valence-corrected chi connectivity index (χ2v) is 6.86. The summed E-state index contributed by atoms with van der Waals surface area (Å²) in [6.45, 7) is 5.79. The molecule has 0 saturated heterocycles. The van der Waals surface area contributed by atoms with Crippen molar-refractivity contribution in [2.75, 3.05) is 0 Å². The lowest BCUT2D eigenvalue weighted by Gasteiger charge is -2.24. The molecule has 112 valence electrons. The predicted octanol–water partition coefficient (Wildman–Crippen LogP) is 3.86. The fraction of sp³-hybridized carbons (Fsp3) is 0.333. The van der Waals surface area contributed by atoms with E-state index >= 15 is 0 Å². The molecule has 21 heavy (non-hydrogen) atoms. The number of hydrogen-bond donors (Lipinski definition) is 2. The van der Waals surface area contributed by atoms with Gasteiger partial charge in [0.2, 0.25) is 5.43 Å². The Morgan fingerprint density at radius 2 is 2.10 bits per heavy atom. The molecule has 0 spiro atoms. The molecular weight excluding hydrogens is 356 g/mol. The van der Waals surface area contributed by atoms with Gasteiger partial charge in [0.15, 0.2) is 0 Å². The van der Waals surface area contributed by atoms with Gasteiger partial charge < -0.3 is 10.3 Å². The fourth-order valence-corrected chi connectivity index (χ4v) is 2.75. The summed E-state index contributed by atoms with van der Waals surface area (Å²) in [5, 5.41) is 3.67. The number of nitrogens with one attached hydrogen (secondary N) is 2. The molecule has 0 aliphatic rings. The number of pyridine rings is 1. The SMILES string of the molecule is CCC(C)(C)NC(=O)c1c[nH]c2c(Cl)cc(Br)cc2c1=O. The lowest BCUT2D eigenvalue weighted by molar-refractivity contribution is 0.0910. The Hall–Kier alpha value is -1.33. The van der Waals surface area contributed by atoms with Crippen molar-refractivity contribution in [3.8, 4) is 0 Å². The van der Waals surface area contributed by atoms with Gasteiger partial charge in [-0.05, 0) is 32.4 Å². The van der Waals surface area contributed by atoms with Crippen LogP contribution < -0.4 is 10.7 Å². The number of rotatable bonds is 3. The van der Waals surface area contributed by atoms with Crippen molar-refractivity contribution >= 4 is 44.3 Å². The molecule has 6 heteroatoms. The molecule has 0 aliphatic carbocycles. The number of halogens is 2. The summed E-state index contributed by atoms with van der Waals surface area (Å²) in [6, 6.07) is 3.35. The molecule has 1 amide bonds. The van der Waals surface area contributed by atoms with Gasteiger partial charge in [0.1, 0.15) is 5.56 Å². The van der Waals surface area contributed by atoms with Crippen molar-refractivity contribution in [1.29, 1.82) is 0 Å². The van der Waals surface area contributed by atoms with Crippen LogP contribution in [0.15, 0.2) is 27.6 Å². The molecule has 0 saturated carbocycles. The van der Waals surface area contributed by atoms with Crippen LogP contribution in [0.4, 0.5) is 0 Å². The third-order valence-corrected chi connectivity index (χ3v) is 4.24. The standard InChI is InChI=1S/C15H16BrClN2O2/c1-4-15(2,3)19-14(21)10-7-18-12-9(13(10)20)5-8(16)6-11(12)17/h5-7H,4H2,1-3H3,(H,18,20)(H,19,21). The first kappa shape index (κ1) is 16.0. The molecule has 2 rings (SSSR count). The lowest BCUT2D eigenvalue weighted by Crippen LogP contribution is -2.44. The molecule has 1 aromatic heterocycles. The lowest BCUT2D eigenvalue weighted by atomic mass is 10.0. The van der Waals surface area contributed by atoms with E-state index in [1.165, 1.54) is 6.20 Å². The summed E-state index contributed by atoms with van der Waals surface area (Å²) in [5.74, 6) is -0.388. The molecule has 0 radical (unpaired) electrons. The van der Waals surface area contributed by atoms with Crippen molar-refractivity contribution < 1.29 is 4.79 Å². The highest BCUT2D eigenvalue weighted by Crippen LogP contribution is 2.24. The first-order valence-electron chi connectivity index (χ1n) is 6.58. The van der Waals surface area contributed by atoms with Crippen molar-refractivity contribution in [2.45, 2.75) is 32.7 Å². The molecule has 1 aromatic carbocycles. The number of H-pyrrole nitrogens is 1. The summed E-state index contributed by atoms with van der Waals surface area (Å²) in [6.07, 6.45) is 2.17. The average molecular weight is 372 g/mol. The number of benzene rings is 1. The minimum absolute atomic E-state index is 0.0817. The zero-order valence-corrected chi connectivity index (χ0v) is 14.4. The number of fused-ring (bicyclic) bond motifs is 1. The van der Waals surface area contributed by atoms with Crippen LogP contribution in [0.1, 0.15) is 37.6 Å². The van der Waals surface area contributed by atoms with Crippen LogP contribution in [0.25, 0.3) is 10.9 Å². The maximum absolute atomic E-state index is 12.5. The maximum Gasteiger partial charge on any atom is 0.257 e. The first-order valence-corrected chi connectivity index (χ1v) is 7.75. The monoisotopic (exact) mass is 370 g/mol. The number of carbonyl (C=O) groups is 1. The second-order valence-electron chi connectivity index (χ2n) is 5.53. The third kappa shape index (κ3) is 3.30. The van der Waals surface area contributed by atoms with Crippen molar-refractivity contribution in [3.05, 3.63) is 43.6 Å². The number of aromatic amines is 1. The highest BCUT2D eigenvalue weighted by atomic mass is 79.9. The van der Waals surface area contributed by atoms with Crippen LogP contribution in [0, 0.1) is 0 Å². The Balaban J connectivity index is 2.55. The fourth-order valence-electron chi connectivity index (χ4n) is 1.89. The van der Waals surface area contributed by atoms with Gasteiger partial charge in [-0.2, -0.15) is 0 Å². The van der Waals surface area contributed by atoms with Gasteiger partial charge in [0.25, 0.3) is 5.91 Å². The van der Waals surface area contributed by atoms with Crippen molar-refractivity contribution in [1.82, 2.24) is 10.3 Å². The van der Waals surface area contributed by atoms with Gasteiger partial charge in [-0.1, -0.05) is 34.5 Å². The topological polar surface area (TPSA) is 62.0 Å². The molecule has 1 heterocycles. The van der Waals surface area contributed by atoms with E-state index in [0.717, 1.165) is 6.42 Å². The highest BCUT2D eigenvalue weighted by molar-refractivity contribution is 9.10. The second kappa shape index (κ2) is 5.81. The quantitative estimate of drug-likeness (QED) is 0.860. The van der Waals surface area contributed by atoms with E-state index in [1.807, 2.05) is 20.8 Å². The van der Waals surface area contributed by atoms with Crippen LogP contribution >= 0.6 is 27.5 Å². The average Bonchev–Trinajstić information content (AvgIpc) is 2.39. The van der Waals surface area contributed by atoms with Gasteiger partial charge in [0, 0.05) is 21.6 Å². The van der Waals surface area contributed by atoms with Crippen LogP contribution in [-0.4, -0.2) is 16.4 Å².